The summed E-state index contributed by atoms with van der Waals surface area (Å²) in [4.78, 5) is 14.3. The molecule has 0 saturated heterocycles. The number of aromatic amines is 1. The quantitative estimate of drug-likeness (QED) is 0.816. The van der Waals surface area contributed by atoms with E-state index in [0.717, 1.165) is 5.52 Å². The summed E-state index contributed by atoms with van der Waals surface area (Å²) in [6.45, 7) is 1.69. The lowest BCUT2D eigenvalue weighted by molar-refractivity contribution is 0.239. The molecule has 1 heterocycles. The Labute approximate surface area is 91.1 Å². The summed E-state index contributed by atoms with van der Waals surface area (Å²) in [6.07, 6.45) is 0. The van der Waals surface area contributed by atoms with Gasteiger partial charge in [-0.2, -0.15) is 0 Å². The van der Waals surface area contributed by atoms with Crippen molar-refractivity contribution in [1.82, 2.24) is 9.55 Å². The highest BCUT2D eigenvalue weighted by atomic mass is 35.5. The fraction of sp³-hybridized carbons (Fsp3) is 0.300. The van der Waals surface area contributed by atoms with E-state index in [1.807, 2.05) is 0 Å². The largest absolute Gasteiger partial charge is 0.394 e. The number of aliphatic hydroxyl groups excluding tert-OH is 1. The lowest BCUT2D eigenvalue weighted by atomic mass is 10.3. The number of rotatable bonds is 2. The lowest BCUT2D eigenvalue weighted by Crippen LogP contribution is -2.22. The Morgan fingerprint density at radius 1 is 1.60 bits per heavy atom. The van der Waals surface area contributed by atoms with Crippen LogP contribution in [0.25, 0.3) is 11.0 Å². The molecule has 0 aliphatic rings. The van der Waals surface area contributed by atoms with Crippen molar-refractivity contribution in [3.8, 4) is 0 Å². The first-order valence-electron chi connectivity index (χ1n) is 4.64. The molecule has 1 unspecified atom stereocenters. The highest BCUT2D eigenvalue weighted by Crippen LogP contribution is 2.19. The number of aliphatic hydroxyl groups is 1. The molecule has 80 valence electrons. The Kier molecular flexibility index (Phi) is 2.54. The number of aromatic nitrogens is 2. The van der Waals surface area contributed by atoms with Gasteiger partial charge in [-0.3, -0.25) is 4.57 Å². The number of hydrogen-bond donors (Lipinski definition) is 2. The van der Waals surface area contributed by atoms with E-state index in [-0.39, 0.29) is 18.3 Å². The van der Waals surface area contributed by atoms with E-state index in [1.54, 1.807) is 25.1 Å². The van der Waals surface area contributed by atoms with Crippen LogP contribution in [0.5, 0.6) is 0 Å². The Morgan fingerprint density at radius 3 is 3.00 bits per heavy atom. The smallest absolute Gasteiger partial charge is 0.326 e. The fourth-order valence-electron chi connectivity index (χ4n) is 1.61. The third-order valence-corrected chi connectivity index (χ3v) is 2.62. The van der Waals surface area contributed by atoms with Crippen molar-refractivity contribution in [2.75, 3.05) is 6.61 Å². The number of nitrogens with one attached hydrogen (secondary N) is 1. The molecule has 0 bridgehead atoms. The number of H-pyrrole nitrogens is 1. The third-order valence-electron chi connectivity index (χ3n) is 2.38. The molecular weight excluding hydrogens is 216 g/mol. The van der Waals surface area contributed by atoms with Crippen LogP contribution in [0.2, 0.25) is 5.02 Å². The zero-order chi connectivity index (χ0) is 11.0. The van der Waals surface area contributed by atoms with Crippen molar-refractivity contribution in [2.24, 2.45) is 0 Å². The van der Waals surface area contributed by atoms with Gasteiger partial charge in [0.1, 0.15) is 0 Å². The number of benzene rings is 1. The van der Waals surface area contributed by atoms with Crippen LogP contribution in [0.4, 0.5) is 0 Å². The van der Waals surface area contributed by atoms with Crippen molar-refractivity contribution in [3.63, 3.8) is 0 Å². The van der Waals surface area contributed by atoms with Crippen molar-refractivity contribution in [2.45, 2.75) is 13.0 Å². The summed E-state index contributed by atoms with van der Waals surface area (Å²) in [7, 11) is 0. The average molecular weight is 227 g/mol. The Bertz CT molecular complexity index is 544. The first-order chi connectivity index (χ1) is 7.13. The monoisotopic (exact) mass is 226 g/mol. The van der Waals surface area contributed by atoms with E-state index < -0.39 is 0 Å². The number of fused-ring (bicyclic) bond motifs is 1. The van der Waals surface area contributed by atoms with E-state index in [1.165, 1.54) is 4.57 Å². The molecule has 1 aromatic carbocycles. The number of hydrogen-bond acceptors (Lipinski definition) is 2. The van der Waals surface area contributed by atoms with Gasteiger partial charge in [0.25, 0.3) is 0 Å². The summed E-state index contributed by atoms with van der Waals surface area (Å²) < 4.78 is 1.50. The molecule has 0 amide bonds. The minimum absolute atomic E-state index is 0.0840. The molecule has 0 saturated carbocycles. The molecule has 1 atom stereocenters. The standard InChI is InChI=1S/C10H11ClN2O2/c1-6(5-14)13-9-4-7(11)2-3-8(9)12-10(13)15/h2-4,6,14H,5H2,1H3,(H,12,15). The van der Waals surface area contributed by atoms with E-state index in [9.17, 15) is 4.79 Å². The average Bonchev–Trinajstić information content (AvgIpc) is 2.52. The maximum atomic E-state index is 11.6. The second-order valence-corrected chi connectivity index (χ2v) is 3.93. The van der Waals surface area contributed by atoms with Crippen LogP contribution >= 0.6 is 11.6 Å². The van der Waals surface area contributed by atoms with Gasteiger partial charge in [0.15, 0.2) is 0 Å². The summed E-state index contributed by atoms with van der Waals surface area (Å²) in [5.74, 6) is 0. The molecule has 5 heteroatoms. The summed E-state index contributed by atoms with van der Waals surface area (Å²) in [5, 5.41) is 9.62. The second kappa shape index (κ2) is 3.72. The molecule has 2 rings (SSSR count). The SMILES string of the molecule is CC(CO)n1c(=O)[nH]c2ccc(Cl)cc21. The zero-order valence-electron chi connectivity index (χ0n) is 8.20. The Hall–Kier alpha value is -1.26. The van der Waals surface area contributed by atoms with Crippen LogP contribution < -0.4 is 5.69 Å². The van der Waals surface area contributed by atoms with Crippen LogP contribution in [0.15, 0.2) is 23.0 Å². The van der Waals surface area contributed by atoms with Crippen LogP contribution in [0, 0.1) is 0 Å². The highest BCUT2D eigenvalue weighted by Gasteiger charge is 2.11. The Balaban J connectivity index is 2.76. The molecule has 2 aromatic rings. The molecule has 0 radical (unpaired) electrons. The summed E-state index contributed by atoms with van der Waals surface area (Å²) in [6, 6.07) is 4.92. The van der Waals surface area contributed by atoms with Crippen molar-refractivity contribution >= 4 is 22.6 Å². The van der Waals surface area contributed by atoms with Crippen LogP contribution in [0.3, 0.4) is 0 Å². The minimum atomic E-state index is -0.260. The maximum absolute atomic E-state index is 11.6. The first-order valence-corrected chi connectivity index (χ1v) is 5.02. The number of imidazole rings is 1. The molecule has 0 fully saturated rings. The lowest BCUT2D eigenvalue weighted by Gasteiger charge is -2.09. The fourth-order valence-corrected chi connectivity index (χ4v) is 1.78. The van der Waals surface area contributed by atoms with Crippen LogP contribution in [-0.2, 0) is 0 Å². The van der Waals surface area contributed by atoms with Gasteiger partial charge in [0.05, 0.1) is 23.7 Å². The molecule has 0 aliphatic carbocycles. The third kappa shape index (κ3) is 1.66. The van der Waals surface area contributed by atoms with Crippen LogP contribution in [0.1, 0.15) is 13.0 Å². The molecule has 1 aromatic heterocycles. The predicted molar refractivity (Wildman–Crippen MR) is 59.4 cm³/mol. The van der Waals surface area contributed by atoms with E-state index in [0.29, 0.717) is 10.5 Å². The van der Waals surface area contributed by atoms with Crippen LogP contribution in [-0.4, -0.2) is 21.3 Å². The maximum Gasteiger partial charge on any atom is 0.326 e. The van der Waals surface area contributed by atoms with Gasteiger partial charge in [-0.05, 0) is 25.1 Å². The summed E-state index contributed by atoms with van der Waals surface area (Å²) >= 11 is 5.86. The minimum Gasteiger partial charge on any atom is -0.394 e. The van der Waals surface area contributed by atoms with Crippen molar-refractivity contribution in [1.29, 1.82) is 0 Å². The van der Waals surface area contributed by atoms with Crippen molar-refractivity contribution < 1.29 is 5.11 Å². The molecule has 15 heavy (non-hydrogen) atoms. The normalized spacial score (nSPS) is 13.3. The first kappa shape index (κ1) is 10.3. The number of nitrogens with zero attached hydrogens (tertiary/aromatic N) is 1. The molecule has 0 aliphatic heterocycles. The van der Waals surface area contributed by atoms with Gasteiger partial charge in [-0.15, -0.1) is 0 Å². The predicted octanol–water partition coefficient (Wildman–Crippen LogP) is 1.54. The van der Waals surface area contributed by atoms with Gasteiger partial charge < -0.3 is 10.1 Å². The zero-order valence-corrected chi connectivity index (χ0v) is 8.95. The van der Waals surface area contributed by atoms with E-state index >= 15 is 0 Å². The second-order valence-electron chi connectivity index (χ2n) is 3.49. The molecule has 2 N–H and O–H groups in total. The van der Waals surface area contributed by atoms with Gasteiger partial charge in [0.2, 0.25) is 0 Å². The van der Waals surface area contributed by atoms with E-state index in [2.05, 4.69) is 4.98 Å². The summed E-state index contributed by atoms with van der Waals surface area (Å²) in [5.41, 5.74) is 1.22. The topological polar surface area (TPSA) is 58.0 Å². The highest BCUT2D eigenvalue weighted by molar-refractivity contribution is 6.31. The van der Waals surface area contributed by atoms with Gasteiger partial charge >= 0.3 is 5.69 Å². The molecular formula is C10H11ClN2O2. The van der Waals surface area contributed by atoms with Crippen molar-refractivity contribution in [3.05, 3.63) is 33.7 Å². The Morgan fingerprint density at radius 2 is 2.33 bits per heavy atom. The van der Waals surface area contributed by atoms with Gasteiger partial charge in [-0.25, -0.2) is 4.79 Å². The molecule has 4 nitrogen and oxygen atoms in total. The van der Waals surface area contributed by atoms with Gasteiger partial charge in [-0.1, -0.05) is 11.6 Å². The number of halogens is 1. The molecule has 0 spiro atoms. The van der Waals surface area contributed by atoms with Gasteiger partial charge in [0, 0.05) is 5.02 Å². The van der Waals surface area contributed by atoms with E-state index in [4.69, 9.17) is 16.7 Å².